The highest BCUT2D eigenvalue weighted by molar-refractivity contribution is 5.85. The minimum atomic E-state index is -0.778. The number of amides is 1. The van der Waals surface area contributed by atoms with Gasteiger partial charge in [0.25, 0.3) is 0 Å². The lowest BCUT2D eigenvalue weighted by Crippen LogP contribution is -2.46. The first kappa shape index (κ1) is 15.7. The van der Waals surface area contributed by atoms with E-state index in [1.165, 1.54) is 0 Å². The van der Waals surface area contributed by atoms with Gasteiger partial charge < -0.3 is 9.80 Å². The summed E-state index contributed by atoms with van der Waals surface area (Å²) >= 11 is 0. The van der Waals surface area contributed by atoms with Crippen LogP contribution in [0.15, 0.2) is 18.3 Å². The lowest BCUT2D eigenvalue weighted by molar-refractivity contribution is -0.140. The highest BCUT2D eigenvalue weighted by Gasteiger charge is 2.42. The summed E-state index contributed by atoms with van der Waals surface area (Å²) < 4.78 is 0. The molecule has 1 aromatic rings. The number of hydrogen-bond donors (Lipinski definition) is 0. The fourth-order valence-corrected chi connectivity index (χ4v) is 3.64. The maximum atomic E-state index is 13.0. The van der Waals surface area contributed by atoms with Gasteiger partial charge >= 0.3 is 0 Å². The summed E-state index contributed by atoms with van der Waals surface area (Å²) in [5, 5.41) is 17.7. The van der Waals surface area contributed by atoms with E-state index in [1.54, 1.807) is 6.20 Å². The van der Waals surface area contributed by atoms with Gasteiger partial charge in [-0.05, 0) is 31.4 Å². The molecule has 3 rings (SSSR count). The predicted octanol–water partition coefficient (Wildman–Crippen LogP) is 1.99. The van der Waals surface area contributed by atoms with Crippen molar-refractivity contribution < 1.29 is 4.79 Å². The molecule has 23 heavy (non-hydrogen) atoms. The van der Waals surface area contributed by atoms with Crippen LogP contribution in [0.25, 0.3) is 0 Å². The second-order valence-corrected chi connectivity index (χ2v) is 6.47. The molecule has 2 aliphatic rings. The number of rotatable bonds is 2. The molecule has 0 aromatic carbocycles. The van der Waals surface area contributed by atoms with Crippen LogP contribution >= 0.6 is 0 Å². The van der Waals surface area contributed by atoms with Crippen molar-refractivity contribution in [3.63, 3.8) is 0 Å². The molecule has 0 bridgehead atoms. The van der Waals surface area contributed by atoms with Gasteiger partial charge in [0.15, 0.2) is 5.82 Å². The summed E-state index contributed by atoms with van der Waals surface area (Å²) in [6, 6.07) is 6.18. The average Bonchev–Trinajstić information content (AvgIpc) is 2.88. The molecule has 0 radical (unpaired) electrons. The summed E-state index contributed by atoms with van der Waals surface area (Å²) in [6.45, 7) is 2.98. The van der Waals surface area contributed by atoms with Crippen molar-refractivity contribution in [1.29, 1.82) is 5.26 Å². The number of nitrogens with zero attached hydrogens (tertiary/aromatic N) is 5. The molecule has 1 aromatic heterocycles. The molecule has 2 fully saturated rings. The summed E-state index contributed by atoms with van der Waals surface area (Å²) in [5.74, 6) is 0.898. The van der Waals surface area contributed by atoms with E-state index in [2.05, 4.69) is 21.2 Å². The molecule has 1 saturated heterocycles. The first-order valence-corrected chi connectivity index (χ1v) is 8.48. The van der Waals surface area contributed by atoms with Crippen molar-refractivity contribution in [2.75, 3.05) is 31.1 Å². The van der Waals surface area contributed by atoms with E-state index in [9.17, 15) is 10.1 Å². The standard InChI is InChI=1S/C17H23N5O/c18-14-17(7-2-1-3-8-17)16(23)22-11-5-10-21(12-13-22)15-6-4-9-19-20-15/h4,6,9H,1-3,5,7-8,10-13H2. The van der Waals surface area contributed by atoms with E-state index in [0.717, 1.165) is 51.1 Å². The Morgan fingerprint density at radius 1 is 1.13 bits per heavy atom. The van der Waals surface area contributed by atoms with Crippen LogP contribution in [0.4, 0.5) is 5.82 Å². The van der Waals surface area contributed by atoms with Gasteiger partial charge in [0, 0.05) is 32.4 Å². The Kier molecular flexibility index (Phi) is 4.75. The first-order valence-electron chi connectivity index (χ1n) is 8.48. The van der Waals surface area contributed by atoms with E-state index in [0.29, 0.717) is 19.4 Å². The average molecular weight is 313 g/mol. The van der Waals surface area contributed by atoms with Crippen molar-refractivity contribution in [2.45, 2.75) is 38.5 Å². The Balaban J connectivity index is 1.68. The Morgan fingerprint density at radius 2 is 1.96 bits per heavy atom. The largest absolute Gasteiger partial charge is 0.353 e. The van der Waals surface area contributed by atoms with Gasteiger partial charge in [0.05, 0.1) is 6.07 Å². The lowest BCUT2D eigenvalue weighted by atomic mass is 9.74. The molecule has 1 saturated carbocycles. The summed E-state index contributed by atoms with van der Waals surface area (Å²) in [4.78, 5) is 17.0. The Morgan fingerprint density at radius 3 is 2.65 bits per heavy atom. The summed E-state index contributed by atoms with van der Waals surface area (Å²) in [7, 11) is 0. The smallest absolute Gasteiger partial charge is 0.243 e. The fourth-order valence-electron chi connectivity index (χ4n) is 3.64. The van der Waals surface area contributed by atoms with Crippen molar-refractivity contribution in [1.82, 2.24) is 15.1 Å². The molecule has 0 atom stereocenters. The Labute approximate surface area is 137 Å². The van der Waals surface area contributed by atoms with Crippen LogP contribution in [-0.4, -0.2) is 47.2 Å². The molecule has 6 nitrogen and oxygen atoms in total. The Bertz CT molecular complexity index is 576. The van der Waals surface area contributed by atoms with E-state index in [4.69, 9.17) is 0 Å². The molecule has 1 amide bonds. The minimum Gasteiger partial charge on any atom is -0.353 e. The normalized spacial score (nSPS) is 21.3. The summed E-state index contributed by atoms with van der Waals surface area (Å²) in [6.07, 6.45) is 7.09. The lowest BCUT2D eigenvalue weighted by Gasteiger charge is -2.34. The molecule has 2 heterocycles. The number of hydrogen-bond acceptors (Lipinski definition) is 5. The van der Waals surface area contributed by atoms with E-state index in [1.807, 2.05) is 17.0 Å². The van der Waals surface area contributed by atoms with Crippen molar-refractivity contribution >= 4 is 11.7 Å². The van der Waals surface area contributed by atoms with Gasteiger partial charge in [-0.1, -0.05) is 19.3 Å². The minimum absolute atomic E-state index is 0.0423. The van der Waals surface area contributed by atoms with Crippen LogP contribution in [-0.2, 0) is 4.79 Å². The fraction of sp³-hybridized carbons (Fsp3) is 0.647. The first-order chi connectivity index (χ1) is 11.2. The molecule has 1 aliphatic heterocycles. The molecule has 122 valence electrons. The quantitative estimate of drug-likeness (QED) is 0.835. The third-order valence-corrected chi connectivity index (χ3v) is 5.00. The van der Waals surface area contributed by atoms with Gasteiger partial charge in [-0.2, -0.15) is 10.4 Å². The Hall–Kier alpha value is -2.16. The van der Waals surface area contributed by atoms with Crippen LogP contribution in [0.3, 0.4) is 0 Å². The summed E-state index contributed by atoms with van der Waals surface area (Å²) in [5.41, 5.74) is -0.778. The van der Waals surface area contributed by atoms with Gasteiger partial charge in [-0.15, -0.1) is 5.10 Å². The topological polar surface area (TPSA) is 73.1 Å². The van der Waals surface area contributed by atoms with E-state index >= 15 is 0 Å². The zero-order valence-corrected chi connectivity index (χ0v) is 13.4. The highest BCUT2D eigenvalue weighted by Crippen LogP contribution is 2.37. The second-order valence-electron chi connectivity index (χ2n) is 6.47. The molecule has 0 unspecified atom stereocenters. The molecular formula is C17H23N5O. The number of carbonyl (C=O) groups excluding carboxylic acids is 1. The number of nitriles is 1. The van der Waals surface area contributed by atoms with E-state index < -0.39 is 5.41 Å². The zero-order valence-electron chi connectivity index (χ0n) is 13.4. The maximum absolute atomic E-state index is 13.0. The second kappa shape index (κ2) is 6.95. The molecule has 0 spiro atoms. The van der Waals surface area contributed by atoms with Crippen molar-refractivity contribution in [3.05, 3.63) is 18.3 Å². The molecular weight excluding hydrogens is 290 g/mol. The maximum Gasteiger partial charge on any atom is 0.243 e. The molecule has 1 aliphatic carbocycles. The number of carbonyl (C=O) groups is 1. The third-order valence-electron chi connectivity index (χ3n) is 5.00. The molecule has 0 N–H and O–H groups in total. The SMILES string of the molecule is N#CC1(C(=O)N2CCCN(c3cccnn3)CC2)CCCCC1. The van der Waals surface area contributed by atoms with Crippen molar-refractivity contribution in [3.8, 4) is 6.07 Å². The van der Waals surface area contributed by atoms with Crippen LogP contribution < -0.4 is 4.90 Å². The highest BCUT2D eigenvalue weighted by atomic mass is 16.2. The van der Waals surface area contributed by atoms with Crippen LogP contribution in [0.5, 0.6) is 0 Å². The third kappa shape index (κ3) is 3.29. The van der Waals surface area contributed by atoms with Crippen LogP contribution in [0.1, 0.15) is 38.5 Å². The zero-order chi connectivity index (χ0) is 16.1. The van der Waals surface area contributed by atoms with Crippen molar-refractivity contribution in [2.24, 2.45) is 5.41 Å². The number of aromatic nitrogens is 2. The van der Waals surface area contributed by atoms with Gasteiger partial charge in [-0.3, -0.25) is 4.79 Å². The number of anilines is 1. The van der Waals surface area contributed by atoms with Gasteiger partial charge in [0.1, 0.15) is 5.41 Å². The predicted molar refractivity (Wildman–Crippen MR) is 86.6 cm³/mol. The van der Waals surface area contributed by atoms with E-state index in [-0.39, 0.29) is 5.91 Å². The van der Waals surface area contributed by atoms with Gasteiger partial charge in [0.2, 0.25) is 5.91 Å². The van der Waals surface area contributed by atoms with Crippen LogP contribution in [0.2, 0.25) is 0 Å². The molecule has 6 heteroatoms. The van der Waals surface area contributed by atoms with Crippen LogP contribution in [0, 0.1) is 16.7 Å². The monoisotopic (exact) mass is 313 g/mol. The van der Waals surface area contributed by atoms with Gasteiger partial charge in [-0.25, -0.2) is 0 Å².